The molecule has 0 N–H and O–H groups in total. The number of rotatable bonds is 4. The summed E-state index contributed by atoms with van der Waals surface area (Å²) in [4.78, 5) is 15.3. The van der Waals surface area contributed by atoms with Gasteiger partial charge < -0.3 is 8.83 Å². The Labute approximate surface area is 295 Å². The molecule has 0 radical (unpaired) electrons. The van der Waals surface area contributed by atoms with E-state index < -0.39 is 0 Å². The van der Waals surface area contributed by atoms with E-state index in [1.54, 1.807) is 11.3 Å². The van der Waals surface area contributed by atoms with Crippen molar-refractivity contribution in [2.24, 2.45) is 0 Å². The van der Waals surface area contributed by atoms with Gasteiger partial charge in [-0.1, -0.05) is 91.0 Å². The van der Waals surface area contributed by atoms with Gasteiger partial charge in [0, 0.05) is 58.4 Å². The predicted molar refractivity (Wildman–Crippen MR) is 209 cm³/mol. The number of hydrogen-bond donors (Lipinski definition) is 0. The standard InChI is InChI=1S/C45H25N3O2S/c1-2-9-26(10-3-1)30-13-8-15-37-42(30)34-21-18-29(25-39(34)50-37)45-47-43(27-19-22-41-35(23-27)33-12-5-7-16-40(33)51-41)46-44(48-45)28-17-20-32-31-11-4-6-14-36(31)49-38(32)24-28/h1-25H. The van der Waals surface area contributed by atoms with E-state index in [0.29, 0.717) is 17.5 Å². The third kappa shape index (κ3) is 4.50. The van der Waals surface area contributed by atoms with E-state index in [-0.39, 0.29) is 0 Å². The van der Waals surface area contributed by atoms with Crippen LogP contribution in [0.1, 0.15) is 0 Å². The van der Waals surface area contributed by atoms with Crippen LogP contribution in [0.15, 0.2) is 160 Å². The van der Waals surface area contributed by atoms with Gasteiger partial charge in [-0.05, 0) is 71.8 Å². The van der Waals surface area contributed by atoms with Crippen molar-refractivity contribution in [1.29, 1.82) is 0 Å². The van der Waals surface area contributed by atoms with Crippen LogP contribution in [0.4, 0.5) is 0 Å². The third-order valence-electron chi connectivity index (χ3n) is 9.75. The van der Waals surface area contributed by atoms with Crippen LogP contribution in [0.3, 0.4) is 0 Å². The van der Waals surface area contributed by atoms with Gasteiger partial charge >= 0.3 is 0 Å². The van der Waals surface area contributed by atoms with Crippen molar-refractivity contribution < 1.29 is 8.83 Å². The van der Waals surface area contributed by atoms with E-state index in [2.05, 4.69) is 103 Å². The number of para-hydroxylation sites is 1. The predicted octanol–water partition coefficient (Wildman–Crippen LogP) is 12.7. The van der Waals surface area contributed by atoms with Gasteiger partial charge in [0.25, 0.3) is 0 Å². The van der Waals surface area contributed by atoms with Crippen molar-refractivity contribution >= 4 is 75.4 Å². The van der Waals surface area contributed by atoms with Crippen LogP contribution in [0.2, 0.25) is 0 Å². The van der Waals surface area contributed by atoms with Crippen molar-refractivity contribution in [3.8, 4) is 45.3 Å². The summed E-state index contributed by atoms with van der Waals surface area (Å²) in [7, 11) is 0. The molecule has 0 saturated carbocycles. The Balaban J connectivity index is 1.11. The lowest BCUT2D eigenvalue weighted by Gasteiger charge is -2.09. The van der Waals surface area contributed by atoms with E-state index in [0.717, 1.165) is 71.7 Å². The highest BCUT2D eigenvalue weighted by molar-refractivity contribution is 7.25. The summed E-state index contributed by atoms with van der Waals surface area (Å²) in [5.41, 5.74) is 8.19. The normalized spacial score (nSPS) is 11.9. The third-order valence-corrected chi connectivity index (χ3v) is 10.9. The van der Waals surface area contributed by atoms with Gasteiger partial charge in [-0.3, -0.25) is 0 Å². The first-order valence-electron chi connectivity index (χ1n) is 16.8. The first-order chi connectivity index (χ1) is 25.2. The zero-order valence-corrected chi connectivity index (χ0v) is 27.8. The largest absolute Gasteiger partial charge is 0.456 e. The topological polar surface area (TPSA) is 65.0 Å². The van der Waals surface area contributed by atoms with Gasteiger partial charge in [-0.2, -0.15) is 0 Å². The lowest BCUT2D eigenvalue weighted by atomic mass is 9.99. The molecule has 238 valence electrons. The van der Waals surface area contributed by atoms with E-state index in [9.17, 15) is 0 Å². The molecule has 7 aromatic carbocycles. The highest BCUT2D eigenvalue weighted by Crippen LogP contribution is 2.40. The number of thiophene rings is 1. The zero-order valence-electron chi connectivity index (χ0n) is 27.0. The van der Waals surface area contributed by atoms with Crippen molar-refractivity contribution in [3.63, 3.8) is 0 Å². The second kappa shape index (κ2) is 10.9. The molecule has 0 aliphatic carbocycles. The Bertz CT molecular complexity index is 3160. The molecule has 11 aromatic rings. The second-order valence-electron chi connectivity index (χ2n) is 12.8. The highest BCUT2D eigenvalue weighted by Gasteiger charge is 2.18. The van der Waals surface area contributed by atoms with Crippen molar-refractivity contribution in [3.05, 3.63) is 152 Å². The molecule has 0 saturated heterocycles. The molecule has 4 heterocycles. The molecule has 0 aliphatic heterocycles. The average Bonchev–Trinajstić information content (AvgIpc) is 3.88. The number of aromatic nitrogens is 3. The van der Waals surface area contributed by atoms with Crippen LogP contribution in [-0.4, -0.2) is 15.0 Å². The number of hydrogen-bond acceptors (Lipinski definition) is 6. The lowest BCUT2D eigenvalue weighted by Crippen LogP contribution is -2.00. The molecule has 0 unspecified atom stereocenters. The van der Waals surface area contributed by atoms with Gasteiger partial charge in [-0.25, -0.2) is 15.0 Å². The minimum atomic E-state index is 0.570. The Kier molecular flexibility index (Phi) is 6.05. The van der Waals surface area contributed by atoms with Gasteiger partial charge in [0.05, 0.1) is 0 Å². The smallest absolute Gasteiger partial charge is 0.164 e. The van der Waals surface area contributed by atoms with Crippen LogP contribution in [0.5, 0.6) is 0 Å². The van der Waals surface area contributed by atoms with Crippen LogP contribution < -0.4 is 0 Å². The molecular formula is C45H25N3O2S. The summed E-state index contributed by atoms with van der Waals surface area (Å²) in [6, 6.07) is 52.2. The first kappa shape index (κ1) is 28.2. The Morgan fingerprint density at radius 3 is 1.73 bits per heavy atom. The molecule has 5 nitrogen and oxygen atoms in total. The maximum atomic E-state index is 6.48. The van der Waals surface area contributed by atoms with Gasteiger partial charge in [0.2, 0.25) is 0 Å². The summed E-state index contributed by atoms with van der Waals surface area (Å²) in [5, 5.41) is 6.71. The minimum absolute atomic E-state index is 0.570. The molecule has 4 aromatic heterocycles. The van der Waals surface area contributed by atoms with Gasteiger partial charge in [0.15, 0.2) is 17.5 Å². The van der Waals surface area contributed by atoms with Crippen LogP contribution in [-0.2, 0) is 0 Å². The quantitative estimate of drug-likeness (QED) is 0.186. The van der Waals surface area contributed by atoms with E-state index in [1.165, 1.54) is 20.2 Å². The molecule has 51 heavy (non-hydrogen) atoms. The Morgan fingerprint density at radius 1 is 0.353 bits per heavy atom. The van der Waals surface area contributed by atoms with Crippen molar-refractivity contribution in [2.75, 3.05) is 0 Å². The van der Waals surface area contributed by atoms with E-state index in [4.69, 9.17) is 23.8 Å². The van der Waals surface area contributed by atoms with E-state index >= 15 is 0 Å². The summed E-state index contributed by atoms with van der Waals surface area (Å²) in [6.45, 7) is 0. The zero-order chi connectivity index (χ0) is 33.5. The average molecular weight is 672 g/mol. The highest BCUT2D eigenvalue weighted by atomic mass is 32.1. The fourth-order valence-corrected chi connectivity index (χ4v) is 8.40. The molecule has 0 atom stereocenters. The lowest BCUT2D eigenvalue weighted by molar-refractivity contribution is 0.668. The molecule has 0 aliphatic rings. The molecule has 0 spiro atoms. The summed E-state index contributed by atoms with van der Waals surface area (Å²) < 4.78 is 15.2. The maximum absolute atomic E-state index is 6.48. The fraction of sp³-hybridized carbons (Fsp3) is 0. The number of nitrogens with zero attached hydrogens (tertiary/aromatic N) is 3. The number of fused-ring (bicyclic) bond motifs is 9. The summed E-state index contributed by atoms with van der Waals surface area (Å²) in [5.74, 6) is 1.75. The Morgan fingerprint density at radius 2 is 0.922 bits per heavy atom. The SMILES string of the molecule is c1ccc(-c2cccc3oc4cc(-c5nc(-c6ccc7c(c6)oc6ccccc67)nc(-c6ccc7sc8ccccc8c7c6)n5)ccc4c23)cc1. The molecule has 6 heteroatoms. The Hall–Kier alpha value is -6.63. The van der Waals surface area contributed by atoms with Crippen LogP contribution in [0.25, 0.3) is 109 Å². The fourth-order valence-electron chi connectivity index (χ4n) is 7.32. The monoisotopic (exact) mass is 671 g/mol. The molecular weight excluding hydrogens is 647 g/mol. The van der Waals surface area contributed by atoms with Gasteiger partial charge in [0.1, 0.15) is 22.3 Å². The summed E-state index contributed by atoms with van der Waals surface area (Å²) >= 11 is 1.80. The van der Waals surface area contributed by atoms with Crippen LogP contribution in [0, 0.1) is 0 Å². The first-order valence-corrected chi connectivity index (χ1v) is 17.7. The van der Waals surface area contributed by atoms with E-state index in [1.807, 2.05) is 48.5 Å². The van der Waals surface area contributed by atoms with Crippen LogP contribution >= 0.6 is 11.3 Å². The summed E-state index contributed by atoms with van der Waals surface area (Å²) in [6.07, 6.45) is 0. The van der Waals surface area contributed by atoms with Gasteiger partial charge in [-0.15, -0.1) is 11.3 Å². The molecule has 0 fully saturated rings. The maximum Gasteiger partial charge on any atom is 0.164 e. The second-order valence-corrected chi connectivity index (χ2v) is 13.9. The number of benzene rings is 7. The minimum Gasteiger partial charge on any atom is -0.456 e. The number of furan rings is 2. The molecule has 11 rings (SSSR count). The molecule has 0 amide bonds. The molecule has 0 bridgehead atoms. The van der Waals surface area contributed by atoms with Crippen molar-refractivity contribution in [2.45, 2.75) is 0 Å². The van der Waals surface area contributed by atoms with Crippen molar-refractivity contribution in [1.82, 2.24) is 15.0 Å².